The molecule has 0 rings (SSSR count). The average molecular weight is 202 g/mol. The maximum Gasteiger partial charge on any atom is 0.316 e. The Morgan fingerprint density at radius 2 is 1.79 bits per heavy atom. The third-order valence-corrected chi connectivity index (χ3v) is 1.65. The fourth-order valence-electron chi connectivity index (χ4n) is 1.00. The van der Waals surface area contributed by atoms with Gasteiger partial charge in [-0.05, 0) is 6.92 Å². The number of hydrogen-bond acceptors (Lipinski definition) is 5. The smallest absolute Gasteiger partial charge is 0.316 e. The molecular formula is C9H14O5. The van der Waals surface area contributed by atoms with E-state index in [1.807, 2.05) is 0 Å². The van der Waals surface area contributed by atoms with Crippen LogP contribution in [0.2, 0.25) is 0 Å². The van der Waals surface area contributed by atoms with E-state index in [0.29, 0.717) is 0 Å². The first-order valence-corrected chi connectivity index (χ1v) is 4.11. The van der Waals surface area contributed by atoms with Crippen LogP contribution in [0.4, 0.5) is 0 Å². The van der Waals surface area contributed by atoms with Gasteiger partial charge in [-0.15, -0.1) is 0 Å². The van der Waals surface area contributed by atoms with Gasteiger partial charge in [0.15, 0.2) is 5.78 Å². The monoisotopic (exact) mass is 202 g/mol. The van der Waals surface area contributed by atoms with Crippen molar-refractivity contribution >= 4 is 17.5 Å². The summed E-state index contributed by atoms with van der Waals surface area (Å²) in [5.74, 6) is -2.39. The van der Waals surface area contributed by atoms with E-state index in [1.165, 1.54) is 21.1 Å². The van der Waals surface area contributed by atoms with Crippen molar-refractivity contribution in [1.82, 2.24) is 0 Å². The maximum atomic E-state index is 11.3. The lowest BCUT2D eigenvalue weighted by Gasteiger charge is -2.10. The van der Waals surface area contributed by atoms with Gasteiger partial charge in [0.25, 0.3) is 0 Å². The molecule has 0 bridgehead atoms. The summed E-state index contributed by atoms with van der Waals surface area (Å²) < 4.78 is 9.01. The molecule has 0 aliphatic heterocycles. The molecule has 0 aromatic rings. The zero-order valence-corrected chi connectivity index (χ0v) is 8.53. The number of ether oxygens (including phenoxy) is 2. The van der Waals surface area contributed by atoms with Crippen LogP contribution in [0.1, 0.15) is 13.3 Å². The first-order valence-electron chi connectivity index (χ1n) is 4.11. The summed E-state index contributed by atoms with van der Waals surface area (Å²) in [7, 11) is 2.52. The van der Waals surface area contributed by atoms with Gasteiger partial charge in [-0.1, -0.05) is 0 Å². The highest BCUT2D eigenvalue weighted by atomic mass is 16.5. The van der Waals surface area contributed by atoms with Gasteiger partial charge >= 0.3 is 5.97 Å². The van der Waals surface area contributed by atoms with E-state index in [1.54, 1.807) is 0 Å². The number of methoxy groups -OCH3 is 2. The third-order valence-electron chi connectivity index (χ3n) is 1.65. The highest BCUT2D eigenvalue weighted by Gasteiger charge is 2.28. The fourth-order valence-corrected chi connectivity index (χ4v) is 1.00. The molecule has 80 valence electrons. The summed E-state index contributed by atoms with van der Waals surface area (Å²) in [5, 5.41) is 0. The first kappa shape index (κ1) is 12.8. The standard InChI is InChI=1S/C9H14O5/c1-6(10)4-7(9(12)14-3)8(11)5-13-2/h7H,4-5H2,1-3H3. The van der Waals surface area contributed by atoms with Crippen molar-refractivity contribution in [3.05, 3.63) is 0 Å². The van der Waals surface area contributed by atoms with Gasteiger partial charge in [0.05, 0.1) is 7.11 Å². The summed E-state index contributed by atoms with van der Waals surface area (Å²) in [6, 6.07) is 0. The van der Waals surface area contributed by atoms with Gasteiger partial charge in [0.2, 0.25) is 0 Å². The van der Waals surface area contributed by atoms with Crippen LogP contribution >= 0.6 is 0 Å². The lowest BCUT2D eigenvalue weighted by molar-refractivity contribution is -0.152. The minimum atomic E-state index is -1.03. The van der Waals surface area contributed by atoms with Crippen molar-refractivity contribution in [3.63, 3.8) is 0 Å². The van der Waals surface area contributed by atoms with Crippen LogP contribution in [0.25, 0.3) is 0 Å². The lowest BCUT2D eigenvalue weighted by atomic mass is 9.98. The number of hydrogen-bond donors (Lipinski definition) is 0. The molecule has 1 unspecified atom stereocenters. The van der Waals surface area contributed by atoms with Gasteiger partial charge in [-0.2, -0.15) is 0 Å². The Kier molecular flexibility index (Phi) is 5.71. The molecule has 0 N–H and O–H groups in total. The van der Waals surface area contributed by atoms with Gasteiger partial charge in [0, 0.05) is 13.5 Å². The quantitative estimate of drug-likeness (QED) is 0.447. The van der Waals surface area contributed by atoms with Crippen molar-refractivity contribution in [1.29, 1.82) is 0 Å². The zero-order chi connectivity index (χ0) is 11.1. The lowest BCUT2D eigenvalue weighted by Crippen LogP contribution is -2.29. The van der Waals surface area contributed by atoms with E-state index >= 15 is 0 Å². The number of rotatable bonds is 6. The van der Waals surface area contributed by atoms with E-state index < -0.39 is 17.7 Å². The van der Waals surface area contributed by atoms with Crippen molar-refractivity contribution in [2.24, 2.45) is 5.92 Å². The van der Waals surface area contributed by atoms with Crippen molar-refractivity contribution in [2.75, 3.05) is 20.8 Å². The number of Topliss-reactive ketones (excluding diaryl/α,β-unsaturated/α-hetero) is 2. The van der Waals surface area contributed by atoms with Gasteiger partial charge in [0.1, 0.15) is 18.3 Å². The van der Waals surface area contributed by atoms with E-state index in [2.05, 4.69) is 9.47 Å². The van der Waals surface area contributed by atoms with Crippen LogP contribution in [0.3, 0.4) is 0 Å². The summed E-state index contributed by atoms with van der Waals surface area (Å²) in [6.45, 7) is 1.13. The normalized spacial score (nSPS) is 11.9. The average Bonchev–Trinajstić information content (AvgIpc) is 2.13. The van der Waals surface area contributed by atoms with E-state index in [-0.39, 0.29) is 18.8 Å². The van der Waals surface area contributed by atoms with Crippen molar-refractivity contribution in [2.45, 2.75) is 13.3 Å². The second-order valence-corrected chi connectivity index (χ2v) is 2.88. The fraction of sp³-hybridized carbons (Fsp3) is 0.667. The van der Waals surface area contributed by atoms with Gasteiger partial charge in [-0.25, -0.2) is 0 Å². The molecule has 0 fully saturated rings. The minimum absolute atomic E-state index is 0.130. The zero-order valence-electron chi connectivity index (χ0n) is 8.53. The molecule has 0 heterocycles. The van der Waals surface area contributed by atoms with Crippen molar-refractivity contribution in [3.8, 4) is 0 Å². The molecule has 0 aromatic heterocycles. The summed E-state index contributed by atoms with van der Waals surface area (Å²) >= 11 is 0. The number of carbonyl (C=O) groups excluding carboxylic acids is 3. The van der Waals surface area contributed by atoms with E-state index in [4.69, 9.17) is 0 Å². The number of esters is 1. The minimum Gasteiger partial charge on any atom is -0.468 e. The molecule has 0 saturated heterocycles. The first-order chi connectivity index (χ1) is 6.52. The molecule has 0 aliphatic carbocycles. The number of carbonyl (C=O) groups is 3. The van der Waals surface area contributed by atoms with Crippen LogP contribution in [-0.4, -0.2) is 38.4 Å². The molecule has 5 heteroatoms. The summed E-state index contributed by atoms with van der Waals surface area (Å²) in [5.41, 5.74) is 0. The molecule has 0 aromatic carbocycles. The maximum absolute atomic E-state index is 11.3. The molecule has 5 nitrogen and oxygen atoms in total. The molecule has 0 radical (unpaired) electrons. The van der Waals surface area contributed by atoms with Crippen LogP contribution in [0.5, 0.6) is 0 Å². The Balaban J connectivity index is 4.45. The molecule has 0 amide bonds. The predicted octanol–water partition coefficient (Wildman–Crippen LogP) is -0.0298. The molecule has 14 heavy (non-hydrogen) atoms. The molecule has 0 spiro atoms. The Bertz CT molecular complexity index is 233. The Morgan fingerprint density at radius 3 is 2.14 bits per heavy atom. The van der Waals surface area contributed by atoms with Crippen LogP contribution in [0, 0.1) is 5.92 Å². The molecule has 0 saturated carbocycles. The van der Waals surface area contributed by atoms with E-state index in [0.717, 1.165) is 0 Å². The highest BCUT2D eigenvalue weighted by molar-refractivity contribution is 6.02. The van der Waals surface area contributed by atoms with Crippen molar-refractivity contribution < 1.29 is 23.9 Å². The van der Waals surface area contributed by atoms with Gasteiger partial charge in [-0.3, -0.25) is 14.4 Å². The topological polar surface area (TPSA) is 69.7 Å². The highest BCUT2D eigenvalue weighted by Crippen LogP contribution is 2.08. The number of ketones is 2. The second kappa shape index (κ2) is 6.26. The Hall–Kier alpha value is -1.23. The molecule has 1 atom stereocenters. The van der Waals surface area contributed by atoms with Crippen LogP contribution in [-0.2, 0) is 23.9 Å². The SMILES string of the molecule is COCC(=O)C(CC(C)=O)C(=O)OC. The van der Waals surface area contributed by atoms with Crippen LogP contribution in [0.15, 0.2) is 0 Å². The molecular weight excluding hydrogens is 188 g/mol. The Labute approximate surface area is 82.4 Å². The second-order valence-electron chi connectivity index (χ2n) is 2.88. The Morgan fingerprint density at radius 1 is 1.21 bits per heavy atom. The third kappa shape index (κ3) is 4.13. The summed E-state index contributed by atoms with van der Waals surface area (Å²) in [4.78, 5) is 33.2. The van der Waals surface area contributed by atoms with Crippen LogP contribution < -0.4 is 0 Å². The predicted molar refractivity (Wildman–Crippen MR) is 47.7 cm³/mol. The summed E-state index contributed by atoms with van der Waals surface area (Å²) in [6.07, 6.45) is -0.130. The largest absolute Gasteiger partial charge is 0.468 e. The molecule has 0 aliphatic rings. The van der Waals surface area contributed by atoms with E-state index in [9.17, 15) is 14.4 Å². The van der Waals surface area contributed by atoms with Gasteiger partial charge < -0.3 is 9.47 Å².